The van der Waals surface area contributed by atoms with Crippen molar-refractivity contribution < 1.29 is 4.74 Å². The molecule has 2 atom stereocenters. The molecule has 164 valence electrons. The second kappa shape index (κ2) is 19.2. The third-order valence-electron chi connectivity index (χ3n) is 6.08. The Kier molecular flexibility index (Phi) is 19.1. The summed E-state index contributed by atoms with van der Waals surface area (Å²) in [5.74, 6) is 0. The van der Waals surface area contributed by atoms with Crippen LogP contribution in [0.1, 0.15) is 104 Å². The predicted octanol–water partition coefficient (Wildman–Crippen LogP) is 6.36. The van der Waals surface area contributed by atoms with E-state index in [-0.39, 0.29) is 0 Å². The molecule has 0 rings (SSSR count). The quantitative estimate of drug-likeness (QED) is 0.227. The van der Waals surface area contributed by atoms with Crippen LogP contribution in [-0.2, 0) is 4.74 Å². The number of hydrogen-bond acceptors (Lipinski definition) is 3. The highest BCUT2D eigenvalue weighted by atomic mass is 16.5. The van der Waals surface area contributed by atoms with Crippen molar-refractivity contribution in [1.82, 2.24) is 9.80 Å². The molecule has 0 spiro atoms. The van der Waals surface area contributed by atoms with Crippen LogP contribution in [0.25, 0.3) is 0 Å². The molecule has 0 aromatic carbocycles. The zero-order valence-corrected chi connectivity index (χ0v) is 19.8. The van der Waals surface area contributed by atoms with Crippen LogP contribution in [0.15, 0.2) is 0 Å². The summed E-state index contributed by atoms with van der Waals surface area (Å²) in [7, 11) is 8.72. The standard InChI is InChI=1S/C24H52N2O/c1-23(25(3)4)19-15-11-7-9-13-17-21-27-22-18-14-10-8-12-16-20-24(2)26(5)6/h23-24H,7-22H2,1-6H3. The number of nitrogens with zero attached hydrogens (tertiary/aromatic N) is 2. The van der Waals surface area contributed by atoms with E-state index in [1.54, 1.807) is 0 Å². The zero-order valence-electron chi connectivity index (χ0n) is 19.8. The molecule has 0 N–H and O–H groups in total. The number of hydrogen-bond donors (Lipinski definition) is 0. The third kappa shape index (κ3) is 19.0. The van der Waals surface area contributed by atoms with E-state index in [0.29, 0.717) is 0 Å². The Morgan fingerprint density at radius 2 is 0.778 bits per heavy atom. The Labute approximate surface area is 172 Å². The Balaban J connectivity index is 3.11. The van der Waals surface area contributed by atoms with Crippen LogP contribution in [-0.4, -0.2) is 63.3 Å². The molecule has 3 nitrogen and oxygen atoms in total. The molecule has 0 aliphatic carbocycles. The molecule has 27 heavy (non-hydrogen) atoms. The molecule has 0 bridgehead atoms. The minimum atomic E-state index is 0.727. The summed E-state index contributed by atoms with van der Waals surface area (Å²) in [5, 5.41) is 0. The van der Waals surface area contributed by atoms with Crippen LogP contribution in [0.5, 0.6) is 0 Å². The van der Waals surface area contributed by atoms with Crippen LogP contribution in [0.4, 0.5) is 0 Å². The van der Waals surface area contributed by atoms with Gasteiger partial charge in [0.05, 0.1) is 0 Å². The van der Waals surface area contributed by atoms with E-state index in [1.807, 2.05) is 0 Å². The number of unbranched alkanes of at least 4 members (excludes halogenated alkanes) is 10. The van der Waals surface area contributed by atoms with Crippen molar-refractivity contribution in [3.05, 3.63) is 0 Å². The first kappa shape index (κ1) is 26.9. The van der Waals surface area contributed by atoms with Crippen molar-refractivity contribution in [1.29, 1.82) is 0 Å². The van der Waals surface area contributed by atoms with Crippen LogP contribution in [0.3, 0.4) is 0 Å². The highest BCUT2D eigenvalue weighted by Gasteiger charge is 2.04. The average molecular weight is 385 g/mol. The minimum Gasteiger partial charge on any atom is -0.381 e. The van der Waals surface area contributed by atoms with Crippen LogP contribution < -0.4 is 0 Å². The molecule has 0 saturated heterocycles. The molecule has 0 aromatic heterocycles. The van der Waals surface area contributed by atoms with Gasteiger partial charge in [-0.2, -0.15) is 0 Å². The van der Waals surface area contributed by atoms with Crippen molar-refractivity contribution in [3.8, 4) is 0 Å². The van der Waals surface area contributed by atoms with E-state index >= 15 is 0 Å². The fraction of sp³-hybridized carbons (Fsp3) is 1.00. The molecular weight excluding hydrogens is 332 g/mol. The first-order valence-electron chi connectivity index (χ1n) is 11.9. The zero-order chi connectivity index (χ0) is 20.3. The second-order valence-corrected chi connectivity index (χ2v) is 9.06. The molecule has 0 saturated carbocycles. The topological polar surface area (TPSA) is 15.7 Å². The lowest BCUT2D eigenvalue weighted by Gasteiger charge is -2.19. The lowest BCUT2D eigenvalue weighted by atomic mass is 10.1. The molecule has 0 heterocycles. The molecular formula is C24H52N2O. The maximum Gasteiger partial charge on any atom is 0.0466 e. The van der Waals surface area contributed by atoms with Gasteiger partial charge in [-0.15, -0.1) is 0 Å². The van der Waals surface area contributed by atoms with Crippen molar-refractivity contribution in [3.63, 3.8) is 0 Å². The average Bonchev–Trinajstić information content (AvgIpc) is 2.63. The number of ether oxygens (including phenoxy) is 1. The van der Waals surface area contributed by atoms with Gasteiger partial charge in [-0.25, -0.2) is 0 Å². The van der Waals surface area contributed by atoms with Crippen LogP contribution in [0.2, 0.25) is 0 Å². The Morgan fingerprint density at radius 3 is 1.11 bits per heavy atom. The summed E-state index contributed by atoms with van der Waals surface area (Å²) < 4.78 is 5.79. The first-order valence-corrected chi connectivity index (χ1v) is 11.9. The van der Waals surface area contributed by atoms with Gasteiger partial charge in [0.25, 0.3) is 0 Å². The van der Waals surface area contributed by atoms with E-state index in [1.165, 1.54) is 89.9 Å². The predicted molar refractivity (Wildman–Crippen MR) is 122 cm³/mol. The maximum atomic E-state index is 5.79. The molecule has 0 aliphatic heterocycles. The number of rotatable bonds is 20. The Bertz CT molecular complexity index is 266. The summed E-state index contributed by atoms with van der Waals surface area (Å²) in [6, 6.07) is 1.45. The molecule has 0 aliphatic rings. The SMILES string of the molecule is CC(CCCCCCCCOCCCCCCCCC(C)N(C)C)N(C)C. The van der Waals surface area contributed by atoms with Gasteiger partial charge in [-0.05, 0) is 67.7 Å². The lowest BCUT2D eigenvalue weighted by Crippen LogP contribution is -2.24. The summed E-state index contributed by atoms with van der Waals surface area (Å²) in [6.45, 7) is 6.59. The van der Waals surface area contributed by atoms with Gasteiger partial charge >= 0.3 is 0 Å². The molecule has 0 fully saturated rings. The van der Waals surface area contributed by atoms with E-state index in [9.17, 15) is 0 Å². The van der Waals surface area contributed by atoms with Gasteiger partial charge in [-0.1, -0.05) is 64.2 Å². The summed E-state index contributed by atoms with van der Waals surface area (Å²) in [4.78, 5) is 4.65. The van der Waals surface area contributed by atoms with Gasteiger partial charge in [-0.3, -0.25) is 0 Å². The molecule has 0 aromatic rings. The fourth-order valence-corrected chi connectivity index (χ4v) is 3.32. The van der Waals surface area contributed by atoms with Crippen molar-refractivity contribution >= 4 is 0 Å². The van der Waals surface area contributed by atoms with Gasteiger partial charge in [0, 0.05) is 25.3 Å². The normalized spacial score (nSPS) is 14.2. The summed E-state index contributed by atoms with van der Waals surface area (Å²) >= 11 is 0. The minimum absolute atomic E-state index is 0.727. The smallest absolute Gasteiger partial charge is 0.0466 e. The van der Waals surface area contributed by atoms with Crippen molar-refractivity contribution in [2.24, 2.45) is 0 Å². The van der Waals surface area contributed by atoms with Crippen molar-refractivity contribution in [2.45, 2.75) is 116 Å². The van der Waals surface area contributed by atoms with E-state index in [4.69, 9.17) is 4.74 Å². The summed E-state index contributed by atoms with van der Waals surface area (Å²) in [6.07, 6.45) is 19.0. The lowest BCUT2D eigenvalue weighted by molar-refractivity contribution is 0.125. The first-order chi connectivity index (χ1) is 12.9. The molecule has 2 unspecified atom stereocenters. The highest BCUT2D eigenvalue weighted by Crippen LogP contribution is 2.12. The largest absolute Gasteiger partial charge is 0.381 e. The Hall–Kier alpha value is -0.120. The second-order valence-electron chi connectivity index (χ2n) is 9.06. The van der Waals surface area contributed by atoms with Gasteiger partial charge in [0.1, 0.15) is 0 Å². The van der Waals surface area contributed by atoms with E-state index in [2.05, 4.69) is 51.8 Å². The molecule has 3 heteroatoms. The van der Waals surface area contributed by atoms with Crippen LogP contribution >= 0.6 is 0 Å². The highest BCUT2D eigenvalue weighted by molar-refractivity contribution is 4.60. The van der Waals surface area contributed by atoms with E-state index in [0.717, 1.165) is 25.3 Å². The Morgan fingerprint density at radius 1 is 0.481 bits per heavy atom. The van der Waals surface area contributed by atoms with Crippen LogP contribution in [0, 0.1) is 0 Å². The molecule has 0 radical (unpaired) electrons. The maximum absolute atomic E-state index is 5.79. The van der Waals surface area contributed by atoms with Crippen molar-refractivity contribution in [2.75, 3.05) is 41.4 Å². The van der Waals surface area contributed by atoms with Gasteiger partial charge < -0.3 is 14.5 Å². The molecule has 0 amide bonds. The van der Waals surface area contributed by atoms with E-state index < -0.39 is 0 Å². The van der Waals surface area contributed by atoms with Gasteiger partial charge in [0.2, 0.25) is 0 Å². The van der Waals surface area contributed by atoms with Gasteiger partial charge in [0.15, 0.2) is 0 Å². The monoisotopic (exact) mass is 384 g/mol. The third-order valence-corrected chi connectivity index (χ3v) is 6.08. The fourth-order valence-electron chi connectivity index (χ4n) is 3.32. The summed E-state index contributed by atoms with van der Waals surface area (Å²) in [5.41, 5.74) is 0.